The molecule has 2 aromatic rings. The number of carbonyl (C=O) groups excluding carboxylic acids is 1. The number of aryl methyl sites for hydroxylation is 1. The van der Waals surface area contributed by atoms with Crippen LogP contribution in [0.25, 0.3) is 0 Å². The second-order valence-electron chi connectivity index (χ2n) is 7.31. The van der Waals surface area contributed by atoms with Crippen LogP contribution in [0.1, 0.15) is 37.5 Å². The third-order valence-corrected chi connectivity index (χ3v) is 4.05. The molecule has 1 heterocycles. The maximum Gasteiger partial charge on any atom is 0.364 e. The summed E-state index contributed by atoms with van der Waals surface area (Å²) < 4.78 is 5.32. The fraction of sp³-hybridized carbons (Fsp3) is 0.227. The van der Waals surface area contributed by atoms with E-state index in [1.807, 2.05) is 82.3 Å². The number of esters is 1. The van der Waals surface area contributed by atoms with Crippen LogP contribution in [0.15, 0.2) is 76.6 Å². The van der Waals surface area contributed by atoms with Gasteiger partial charge in [0.25, 0.3) is 0 Å². The third-order valence-electron chi connectivity index (χ3n) is 4.05. The van der Waals surface area contributed by atoms with Crippen LogP contribution in [0, 0.1) is 12.3 Å². The van der Waals surface area contributed by atoms with Crippen molar-refractivity contribution in [2.45, 2.75) is 27.7 Å². The molecule has 4 nitrogen and oxygen atoms in total. The number of cyclic esters (lactones) is 1. The second kappa shape index (κ2) is 7.08. The molecule has 0 N–H and O–H groups in total. The molecule has 1 aliphatic rings. The zero-order valence-corrected chi connectivity index (χ0v) is 15.5. The molecule has 0 saturated carbocycles. The largest absolute Gasteiger partial charge is 0.426 e. The molecule has 0 aliphatic carbocycles. The summed E-state index contributed by atoms with van der Waals surface area (Å²) >= 11 is 0. The van der Waals surface area contributed by atoms with Crippen molar-refractivity contribution in [2.75, 3.05) is 0 Å². The van der Waals surface area contributed by atoms with Crippen LogP contribution in [-0.2, 0) is 9.53 Å². The van der Waals surface area contributed by atoms with Gasteiger partial charge in [-0.05, 0) is 6.92 Å². The summed E-state index contributed by atoms with van der Waals surface area (Å²) in [7, 11) is 0. The van der Waals surface area contributed by atoms with E-state index in [1.54, 1.807) is 6.08 Å². The van der Waals surface area contributed by atoms with E-state index in [1.165, 1.54) is 5.56 Å². The SMILES string of the molecule is Cc1ccc(C(=NN=C2C=C(C(C)(C)C)OC2=O)c2ccccc2)cc1. The molecule has 0 saturated heterocycles. The number of hydrogen-bond acceptors (Lipinski definition) is 4. The van der Waals surface area contributed by atoms with Crippen molar-refractivity contribution in [2.24, 2.45) is 15.6 Å². The average molecular weight is 346 g/mol. The number of ether oxygens (including phenoxy) is 1. The van der Waals surface area contributed by atoms with Crippen molar-refractivity contribution in [3.8, 4) is 0 Å². The first kappa shape index (κ1) is 17.8. The lowest BCUT2D eigenvalue weighted by Crippen LogP contribution is -2.12. The Morgan fingerprint density at radius 1 is 0.923 bits per heavy atom. The summed E-state index contributed by atoms with van der Waals surface area (Å²) in [5.41, 5.74) is 3.73. The van der Waals surface area contributed by atoms with Crippen molar-refractivity contribution >= 4 is 17.4 Å². The molecule has 0 amide bonds. The Morgan fingerprint density at radius 2 is 1.54 bits per heavy atom. The molecule has 3 rings (SSSR count). The standard InChI is InChI=1S/C22H22N2O2/c1-15-10-12-17(13-11-15)20(16-8-6-5-7-9-16)24-23-18-14-19(22(2,3)4)26-21(18)25/h5-14H,1-4H3. The summed E-state index contributed by atoms with van der Waals surface area (Å²) in [4.78, 5) is 12.1. The Hall–Kier alpha value is -3.01. The third kappa shape index (κ3) is 3.97. The van der Waals surface area contributed by atoms with Crippen LogP contribution in [0.4, 0.5) is 0 Å². The van der Waals surface area contributed by atoms with Crippen molar-refractivity contribution < 1.29 is 9.53 Å². The molecule has 0 radical (unpaired) electrons. The Bertz CT molecular complexity index is 899. The van der Waals surface area contributed by atoms with Crippen molar-refractivity contribution in [3.63, 3.8) is 0 Å². The van der Waals surface area contributed by atoms with E-state index in [9.17, 15) is 4.79 Å². The van der Waals surface area contributed by atoms with Crippen LogP contribution in [0.5, 0.6) is 0 Å². The van der Waals surface area contributed by atoms with Gasteiger partial charge < -0.3 is 4.74 Å². The molecule has 4 heteroatoms. The van der Waals surface area contributed by atoms with Gasteiger partial charge in [-0.15, -0.1) is 10.2 Å². The molecule has 2 aromatic carbocycles. The van der Waals surface area contributed by atoms with E-state index in [0.29, 0.717) is 11.5 Å². The highest BCUT2D eigenvalue weighted by Gasteiger charge is 2.30. The van der Waals surface area contributed by atoms with Gasteiger partial charge in [0.05, 0.1) is 0 Å². The van der Waals surface area contributed by atoms with Gasteiger partial charge in [-0.1, -0.05) is 80.9 Å². The molecule has 0 fully saturated rings. The normalized spacial score (nSPS) is 16.6. The zero-order chi connectivity index (χ0) is 18.7. The van der Waals surface area contributed by atoms with Crippen LogP contribution in [0.2, 0.25) is 0 Å². The maximum atomic E-state index is 12.1. The molecule has 0 spiro atoms. The predicted octanol–water partition coefficient (Wildman–Crippen LogP) is 4.68. The number of rotatable bonds is 3. The monoisotopic (exact) mass is 346 g/mol. The zero-order valence-electron chi connectivity index (χ0n) is 15.5. The van der Waals surface area contributed by atoms with Gasteiger partial charge in [-0.3, -0.25) is 0 Å². The highest BCUT2D eigenvalue weighted by Crippen LogP contribution is 2.29. The number of nitrogens with zero attached hydrogens (tertiary/aromatic N) is 2. The van der Waals surface area contributed by atoms with Crippen molar-refractivity contribution in [3.05, 3.63) is 83.1 Å². The number of carbonyl (C=O) groups is 1. The summed E-state index contributed by atoms with van der Waals surface area (Å²) in [5.74, 6) is 0.142. The Morgan fingerprint density at radius 3 is 2.12 bits per heavy atom. The minimum absolute atomic E-state index is 0.218. The van der Waals surface area contributed by atoms with Crippen molar-refractivity contribution in [1.29, 1.82) is 0 Å². The number of allylic oxidation sites excluding steroid dienone is 1. The van der Waals surface area contributed by atoms with Crippen LogP contribution in [0.3, 0.4) is 0 Å². The van der Waals surface area contributed by atoms with Crippen LogP contribution < -0.4 is 0 Å². The highest BCUT2D eigenvalue weighted by molar-refractivity contribution is 6.43. The topological polar surface area (TPSA) is 51.0 Å². The Balaban J connectivity index is 2.04. The lowest BCUT2D eigenvalue weighted by atomic mass is 9.94. The lowest BCUT2D eigenvalue weighted by Gasteiger charge is -2.17. The summed E-state index contributed by atoms with van der Waals surface area (Å²) in [6.45, 7) is 8.00. The Labute approximate surface area is 153 Å². The summed E-state index contributed by atoms with van der Waals surface area (Å²) in [5, 5.41) is 8.60. The van der Waals surface area contributed by atoms with E-state index >= 15 is 0 Å². The predicted molar refractivity (Wildman–Crippen MR) is 104 cm³/mol. The first-order valence-electron chi connectivity index (χ1n) is 8.57. The van der Waals surface area contributed by atoms with Gasteiger partial charge in [-0.2, -0.15) is 0 Å². The van der Waals surface area contributed by atoms with Gasteiger partial charge in [0.15, 0.2) is 5.71 Å². The van der Waals surface area contributed by atoms with E-state index in [4.69, 9.17) is 4.74 Å². The van der Waals surface area contributed by atoms with Gasteiger partial charge in [0.2, 0.25) is 0 Å². The first-order chi connectivity index (χ1) is 12.3. The van der Waals surface area contributed by atoms with Crippen LogP contribution >= 0.6 is 0 Å². The molecule has 0 aromatic heterocycles. The minimum Gasteiger partial charge on any atom is -0.426 e. The summed E-state index contributed by atoms with van der Waals surface area (Å²) in [6, 6.07) is 17.9. The van der Waals surface area contributed by atoms with E-state index in [-0.39, 0.29) is 11.1 Å². The summed E-state index contributed by atoms with van der Waals surface area (Å²) in [6.07, 6.45) is 1.67. The maximum absolute atomic E-state index is 12.1. The second-order valence-corrected chi connectivity index (χ2v) is 7.31. The first-order valence-corrected chi connectivity index (χ1v) is 8.57. The molecular weight excluding hydrogens is 324 g/mol. The smallest absolute Gasteiger partial charge is 0.364 e. The van der Waals surface area contributed by atoms with Gasteiger partial charge >= 0.3 is 5.97 Å². The van der Waals surface area contributed by atoms with E-state index in [0.717, 1.165) is 11.1 Å². The average Bonchev–Trinajstić information content (AvgIpc) is 2.99. The van der Waals surface area contributed by atoms with Crippen LogP contribution in [-0.4, -0.2) is 17.4 Å². The van der Waals surface area contributed by atoms with Gasteiger partial charge in [0.1, 0.15) is 11.5 Å². The fourth-order valence-corrected chi connectivity index (χ4v) is 2.50. The van der Waals surface area contributed by atoms with Gasteiger partial charge in [-0.25, -0.2) is 4.79 Å². The molecule has 0 unspecified atom stereocenters. The molecule has 132 valence electrons. The Kier molecular flexibility index (Phi) is 4.85. The molecule has 26 heavy (non-hydrogen) atoms. The minimum atomic E-state index is -0.463. The van der Waals surface area contributed by atoms with E-state index in [2.05, 4.69) is 10.2 Å². The molecule has 0 bridgehead atoms. The van der Waals surface area contributed by atoms with Crippen molar-refractivity contribution in [1.82, 2.24) is 0 Å². The molecule has 1 aliphatic heterocycles. The highest BCUT2D eigenvalue weighted by atomic mass is 16.5. The lowest BCUT2D eigenvalue weighted by molar-refractivity contribution is -0.131. The number of hydrogen-bond donors (Lipinski definition) is 0. The number of benzene rings is 2. The molecule has 0 atom stereocenters. The quantitative estimate of drug-likeness (QED) is 0.460. The van der Waals surface area contributed by atoms with Gasteiger partial charge in [0, 0.05) is 22.6 Å². The molecular formula is C22H22N2O2. The van der Waals surface area contributed by atoms with E-state index < -0.39 is 5.97 Å². The fourth-order valence-electron chi connectivity index (χ4n) is 2.50.